The zero-order valence-electron chi connectivity index (χ0n) is 12.1. The number of hydrogen-bond donors (Lipinski definition) is 3. The summed E-state index contributed by atoms with van der Waals surface area (Å²) in [5, 5.41) is 9.58. The predicted molar refractivity (Wildman–Crippen MR) is 90.2 cm³/mol. The molecule has 0 atom stereocenters. The number of hydrogen-bond acceptors (Lipinski definition) is 5. The maximum Gasteiger partial charge on any atom is 0.229 e. The molecule has 2 aromatic rings. The van der Waals surface area contributed by atoms with Crippen LogP contribution in [0.3, 0.4) is 0 Å². The van der Waals surface area contributed by atoms with E-state index in [-0.39, 0.29) is 5.91 Å². The molecule has 6 nitrogen and oxygen atoms in total. The van der Waals surface area contributed by atoms with Gasteiger partial charge in [-0.25, -0.2) is 4.98 Å². The minimum Gasteiger partial charge on any atom is -0.371 e. The highest BCUT2D eigenvalue weighted by Crippen LogP contribution is 2.27. The van der Waals surface area contributed by atoms with E-state index in [1.165, 1.54) is 6.20 Å². The zero-order chi connectivity index (χ0) is 16.1. The molecule has 1 heterocycles. The molecule has 0 saturated carbocycles. The molecule has 1 aromatic carbocycles. The SMILES string of the molecule is CCC(=O)Nc1cnc(Nc2ccc(Cl)c(Cl)c2)nc1NC. The van der Waals surface area contributed by atoms with Gasteiger partial charge in [-0.15, -0.1) is 0 Å². The highest BCUT2D eigenvalue weighted by Gasteiger charge is 2.09. The molecule has 2 rings (SSSR count). The van der Waals surface area contributed by atoms with Gasteiger partial charge in [0.25, 0.3) is 0 Å². The summed E-state index contributed by atoms with van der Waals surface area (Å²) in [4.78, 5) is 19.9. The van der Waals surface area contributed by atoms with Crippen molar-refractivity contribution in [3.8, 4) is 0 Å². The summed E-state index contributed by atoms with van der Waals surface area (Å²) >= 11 is 11.8. The summed E-state index contributed by atoms with van der Waals surface area (Å²) in [6.45, 7) is 1.77. The van der Waals surface area contributed by atoms with E-state index in [2.05, 4.69) is 25.9 Å². The third-order valence-corrected chi connectivity index (χ3v) is 3.54. The molecule has 0 fully saturated rings. The zero-order valence-corrected chi connectivity index (χ0v) is 13.6. The van der Waals surface area contributed by atoms with E-state index in [0.717, 1.165) is 0 Å². The van der Waals surface area contributed by atoms with Gasteiger partial charge in [0, 0.05) is 19.2 Å². The smallest absolute Gasteiger partial charge is 0.229 e. The fourth-order valence-corrected chi connectivity index (χ4v) is 1.96. The van der Waals surface area contributed by atoms with E-state index in [9.17, 15) is 4.79 Å². The second kappa shape index (κ2) is 7.29. The summed E-state index contributed by atoms with van der Waals surface area (Å²) in [6.07, 6.45) is 1.92. The first-order valence-corrected chi connectivity index (χ1v) is 7.35. The van der Waals surface area contributed by atoms with Crippen molar-refractivity contribution in [2.24, 2.45) is 0 Å². The maximum absolute atomic E-state index is 11.5. The van der Waals surface area contributed by atoms with Gasteiger partial charge in [0.05, 0.1) is 16.2 Å². The van der Waals surface area contributed by atoms with Gasteiger partial charge in [0.15, 0.2) is 5.82 Å². The standard InChI is InChI=1S/C14H15Cl2N5O/c1-3-12(22)20-11-7-18-14(21-13(11)17-2)19-8-4-5-9(15)10(16)6-8/h4-7H,3H2,1-2H3,(H,20,22)(H2,17,18,19,21). The monoisotopic (exact) mass is 339 g/mol. The molecular weight excluding hydrogens is 325 g/mol. The number of nitrogens with one attached hydrogen (secondary N) is 3. The van der Waals surface area contributed by atoms with Crippen LogP contribution in [0.1, 0.15) is 13.3 Å². The van der Waals surface area contributed by atoms with Gasteiger partial charge < -0.3 is 16.0 Å². The van der Waals surface area contributed by atoms with Crippen molar-refractivity contribution in [3.05, 3.63) is 34.4 Å². The molecule has 1 amide bonds. The predicted octanol–water partition coefficient (Wildman–Crippen LogP) is 3.92. The van der Waals surface area contributed by atoms with E-state index < -0.39 is 0 Å². The Morgan fingerprint density at radius 1 is 1.27 bits per heavy atom. The average molecular weight is 340 g/mol. The summed E-state index contributed by atoms with van der Waals surface area (Å²) < 4.78 is 0. The minimum atomic E-state index is -0.106. The molecule has 0 radical (unpaired) electrons. The molecule has 3 N–H and O–H groups in total. The number of amides is 1. The lowest BCUT2D eigenvalue weighted by atomic mass is 10.3. The molecule has 0 spiro atoms. The van der Waals surface area contributed by atoms with Crippen LogP contribution in [0.15, 0.2) is 24.4 Å². The summed E-state index contributed by atoms with van der Waals surface area (Å²) in [5.74, 6) is 0.780. The molecule has 0 aliphatic heterocycles. The highest BCUT2D eigenvalue weighted by atomic mass is 35.5. The van der Waals surface area contributed by atoms with Crippen LogP contribution in [0.4, 0.5) is 23.1 Å². The van der Waals surface area contributed by atoms with E-state index >= 15 is 0 Å². The number of rotatable bonds is 5. The topological polar surface area (TPSA) is 78.9 Å². The van der Waals surface area contributed by atoms with Crippen molar-refractivity contribution in [2.75, 3.05) is 23.0 Å². The number of anilines is 4. The molecule has 0 saturated heterocycles. The van der Waals surface area contributed by atoms with Crippen molar-refractivity contribution < 1.29 is 4.79 Å². The Labute approximate surface area is 138 Å². The van der Waals surface area contributed by atoms with Gasteiger partial charge in [-0.05, 0) is 18.2 Å². The van der Waals surface area contributed by atoms with Crippen LogP contribution >= 0.6 is 23.2 Å². The number of nitrogens with zero attached hydrogens (tertiary/aromatic N) is 2. The molecule has 0 unspecified atom stereocenters. The normalized spacial score (nSPS) is 10.2. The summed E-state index contributed by atoms with van der Waals surface area (Å²) in [6, 6.07) is 5.13. The van der Waals surface area contributed by atoms with E-state index in [1.54, 1.807) is 32.2 Å². The largest absolute Gasteiger partial charge is 0.371 e. The molecule has 0 aliphatic rings. The Hall–Kier alpha value is -2.05. The maximum atomic E-state index is 11.5. The highest BCUT2D eigenvalue weighted by molar-refractivity contribution is 6.42. The van der Waals surface area contributed by atoms with Crippen LogP contribution in [-0.4, -0.2) is 22.9 Å². The van der Waals surface area contributed by atoms with Crippen LogP contribution in [0.2, 0.25) is 10.0 Å². The van der Waals surface area contributed by atoms with Crippen molar-refractivity contribution in [1.29, 1.82) is 0 Å². The van der Waals surface area contributed by atoms with Crippen molar-refractivity contribution in [2.45, 2.75) is 13.3 Å². The summed E-state index contributed by atoms with van der Waals surface area (Å²) in [5.41, 5.74) is 1.23. The Morgan fingerprint density at radius 3 is 2.68 bits per heavy atom. The lowest BCUT2D eigenvalue weighted by molar-refractivity contribution is -0.115. The fourth-order valence-electron chi connectivity index (χ4n) is 1.67. The molecule has 0 aliphatic carbocycles. The van der Waals surface area contributed by atoms with E-state index in [4.69, 9.17) is 23.2 Å². The van der Waals surface area contributed by atoms with Gasteiger partial charge in [-0.2, -0.15) is 4.98 Å². The quantitative estimate of drug-likeness (QED) is 0.769. The molecule has 22 heavy (non-hydrogen) atoms. The molecule has 8 heteroatoms. The second-order valence-corrected chi connectivity index (χ2v) is 5.18. The third kappa shape index (κ3) is 3.99. The van der Waals surface area contributed by atoms with Crippen molar-refractivity contribution in [3.63, 3.8) is 0 Å². The fraction of sp³-hybridized carbons (Fsp3) is 0.214. The molecular formula is C14H15Cl2N5O. The first-order chi connectivity index (χ1) is 10.5. The van der Waals surface area contributed by atoms with Gasteiger partial charge in [0.2, 0.25) is 11.9 Å². The van der Waals surface area contributed by atoms with Crippen LogP contribution in [0, 0.1) is 0 Å². The number of benzene rings is 1. The molecule has 116 valence electrons. The van der Waals surface area contributed by atoms with Crippen molar-refractivity contribution >= 4 is 52.3 Å². The van der Waals surface area contributed by atoms with Crippen LogP contribution in [0.25, 0.3) is 0 Å². The second-order valence-electron chi connectivity index (χ2n) is 4.36. The van der Waals surface area contributed by atoms with Crippen molar-refractivity contribution in [1.82, 2.24) is 9.97 Å². The average Bonchev–Trinajstić information content (AvgIpc) is 2.52. The van der Waals surface area contributed by atoms with Gasteiger partial charge >= 0.3 is 0 Å². The number of aromatic nitrogens is 2. The van der Waals surface area contributed by atoms with E-state index in [0.29, 0.717) is 39.6 Å². The van der Waals surface area contributed by atoms with Crippen LogP contribution in [0.5, 0.6) is 0 Å². The Morgan fingerprint density at radius 2 is 2.05 bits per heavy atom. The lowest BCUT2D eigenvalue weighted by Crippen LogP contribution is -2.13. The minimum absolute atomic E-state index is 0.106. The van der Waals surface area contributed by atoms with Gasteiger partial charge in [0.1, 0.15) is 5.69 Å². The van der Waals surface area contributed by atoms with Gasteiger partial charge in [-0.3, -0.25) is 4.79 Å². The number of halogens is 2. The third-order valence-electron chi connectivity index (χ3n) is 2.80. The Bertz CT molecular complexity index is 693. The lowest BCUT2D eigenvalue weighted by Gasteiger charge is -2.11. The number of carbonyl (C=O) groups is 1. The molecule has 1 aromatic heterocycles. The first kappa shape index (κ1) is 16.3. The van der Waals surface area contributed by atoms with Crippen LogP contribution in [-0.2, 0) is 4.79 Å². The molecule has 0 bridgehead atoms. The first-order valence-electron chi connectivity index (χ1n) is 6.60. The number of carbonyl (C=O) groups excluding carboxylic acids is 1. The van der Waals surface area contributed by atoms with Crippen LogP contribution < -0.4 is 16.0 Å². The Kier molecular flexibility index (Phi) is 5.41. The van der Waals surface area contributed by atoms with Gasteiger partial charge in [-0.1, -0.05) is 30.1 Å². The van der Waals surface area contributed by atoms with E-state index in [1.807, 2.05) is 0 Å². The summed E-state index contributed by atoms with van der Waals surface area (Å²) in [7, 11) is 1.72. The Balaban J connectivity index is 2.21.